The number of aromatic nitrogens is 1. The van der Waals surface area contributed by atoms with Crippen LogP contribution < -0.4 is 11.1 Å². The lowest BCUT2D eigenvalue weighted by Crippen LogP contribution is -2.23. The molecule has 1 aliphatic rings. The van der Waals surface area contributed by atoms with Crippen LogP contribution in [0.1, 0.15) is 29.2 Å². The summed E-state index contributed by atoms with van der Waals surface area (Å²) in [6.07, 6.45) is 7.39. The van der Waals surface area contributed by atoms with Gasteiger partial charge < -0.3 is 15.8 Å². The predicted octanol–water partition coefficient (Wildman–Crippen LogP) is 7.13. The first-order valence-corrected chi connectivity index (χ1v) is 12.8. The van der Waals surface area contributed by atoms with Gasteiger partial charge in [-0.2, -0.15) is 0 Å². The zero-order valence-electron chi connectivity index (χ0n) is 21.0. The average molecular weight is 522 g/mol. The molecule has 3 N–H and O–H groups in total. The van der Waals surface area contributed by atoms with Crippen LogP contribution in [0.3, 0.4) is 0 Å². The standard InChI is InChI=1S/C32H28ClN3O2/c1-21-5-9-23(10-6-21)24-11-13-28(29(18-24)25-3-2-4-26(33)17-25)30-14-12-27(38-30)20-36-32(37)16-8-22-7-15-31(34)35-19-22/h2-13,15-19,30H,14,20H2,1H3,(H2,34,35)(H,36,37)/b16-8+. The van der Waals surface area contributed by atoms with Crippen molar-refractivity contribution in [1.82, 2.24) is 10.3 Å². The molecule has 1 atom stereocenters. The first-order chi connectivity index (χ1) is 18.4. The van der Waals surface area contributed by atoms with E-state index in [-0.39, 0.29) is 12.0 Å². The molecule has 1 aliphatic heterocycles. The molecule has 2 heterocycles. The molecule has 5 rings (SSSR count). The number of benzene rings is 3. The number of carbonyl (C=O) groups is 1. The summed E-state index contributed by atoms with van der Waals surface area (Å²) in [5.74, 6) is 0.970. The third-order valence-corrected chi connectivity index (χ3v) is 6.68. The number of aryl methyl sites for hydroxylation is 1. The largest absolute Gasteiger partial charge is 0.488 e. The van der Waals surface area contributed by atoms with Crippen molar-refractivity contribution in [3.8, 4) is 22.3 Å². The monoisotopic (exact) mass is 521 g/mol. The topological polar surface area (TPSA) is 77.2 Å². The summed E-state index contributed by atoms with van der Waals surface area (Å²) >= 11 is 6.35. The minimum Gasteiger partial charge on any atom is -0.488 e. The molecular weight excluding hydrogens is 494 g/mol. The molecule has 1 aromatic heterocycles. The van der Waals surface area contributed by atoms with E-state index < -0.39 is 0 Å². The van der Waals surface area contributed by atoms with Crippen molar-refractivity contribution in [3.05, 3.63) is 125 Å². The minimum absolute atomic E-state index is 0.153. The van der Waals surface area contributed by atoms with Crippen LogP contribution in [0.5, 0.6) is 0 Å². The number of carbonyl (C=O) groups excluding carboxylic acids is 1. The van der Waals surface area contributed by atoms with Gasteiger partial charge in [-0.25, -0.2) is 4.98 Å². The number of hydrogen-bond acceptors (Lipinski definition) is 4. The van der Waals surface area contributed by atoms with Gasteiger partial charge in [0.05, 0.1) is 6.54 Å². The number of rotatable bonds is 7. The first-order valence-electron chi connectivity index (χ1n) is 12.4. The molecular formula is C32H28ClN3O2. The number of nitrogens with zero attached hydrogens (tertiary/aromatic N) is 1. The maximum absolute atomic E-state index is 12.3. The molecule has 0 saturated carbocycles. The number of nitrogen functional groups attached to an aromatic ring is 1. The zero-order chi connectivity index (χ0) is 26.5. The van der Waals surface area contributed by atoms with Crippen molar-refractivity contribution < 1.29 is 9.53 Å². The van der Waals surface area contributed by atoms with E-state index in [1.807, 2.05) is 24.3 Å². The molecule has 190 valence electrons. The van der Waals surface area contributed by atoms with Crippen LogP contribution in [0.15, 0.2) is 103 Å². The Balaban J connectivity index is 1.30. The normalized spacial score (nSPS) is 14.8. The van der Waals surface area contributed by atoms with Crippen LogP contribution in [0.25, 0.3) is 28.3 Å². The molecule has 6 heteroatoms. The molecule has 0 radical (unpaired) electrons. The van der Waals surface area contributed by atoms with Crippen LogP contribution in [-0.4, -0.2) is 17.4 Å². The Morgan fingerprint density at radius 3 is 2.63 bits per heavy atom. The Morgan fingerprint density at radius 1 is 1.05 bits per heavy atom. The van der Waals surface area contributed by atoms with Gasteiger partial charge in [0.25, 0.3) is 0 Å². The van der Waals surface area contributed by atoms with Crippen LogP contribution >= 0.6 is 11.6 Å². The molecule has 0 aliphatic carbocycles. The number of amides is 1. The molecule has 1 amide bonds. The number of nitrogens with two attached hydrogens (primary N) is 1. The van der Waals surface area contributed by atoms with Crippen molar-refractivity contribution in [2.24, 2.45) is 0 Å². The van der Waals surface area contributed by atoms with Gasteiger partial charge in [-0.15, -0.1) is 0 Å². The summed E-state index contributed by atoms with van der Waals surface area (Å²) in [6.45, 7) is 2.40. The quantitative estimate of drug-likeness (QED) is 0.253. The van der Waals surface area contributed by atoms with Gasteiger partial charge in [0.15, 0.2) is 0 Å². The summed E-state index contributed by atoms with van der Waals surface area (Å²) in [7, 11) is 0. The van der Waals surface area contributed by atoms with Gasteiger partial charge in [-0.3, -0.25) is 4.79 Å². The molecule has 38 heavy (non-hydrogen) atoms. The van der Waals surface area contributed by atoms with E-state index in [4.69, 9.17) is 22.1 Å². The molecule has 3 aromatic carbocycles. The lowest BCUT2D eigenvalue weighted by atomic mass is 9.91. The summed E-state index contributed by atoms with van der Waals surface area (Å²) < 4.78 is 6.29. The molecule has 0 spiro atoms. The average Bonchev–Trinajstić information content (AvgIpc) is 3.41. The Morgan fingerprint density at radius 2 is 1.87 bits per heavy atom. The number of halogens is 1. The number of nitrogens with one attached hydrogen (secondary N) is 1. The van der Waals surface area contributed by atoms with Gasteiger partial charge in [-0.1, -0.05) is 65.7 Å². The third-order valence-electron chi connectivity index (χ3n) is 6.45. The Kier molecular flexibility index (Phi) is 7.57. The summed E-state index contributed by atoms with van der Waals surface area (Å²) in [6, 6.07) is 26.4. The maximum atomic E-state index is 12.3. The van der Waals surface area contributed by atoms with Gasteiger partial charge in [0.2, 0.25) is 5.91 Å². The van der Waals surface area contributed by atoms with Crippen LogP contribution in [0, 0.1) is 6.92 Å². The summed E-state index contributed by atoms with van der Waals surface area (Å²) in [5, 5.41) is 3.57. The Labute approximate surface area is 227 Å². The van der Waals surface area contributed by atoms with Crippen molar-refractivity contribution in [1.29, 1.82) is 0 Å². The molecule has 0 fully saturated rings. The van der Waals surface area contributed by atoms with E-state index in [0.29, 0.717) is 17.4 Å². The van der Waals surface area contributed by atoms with E-state index in [1.165, 1.54) is 11.6 Å². The highest BCUT2D eigenvalue weighted by Crippen LogP contribution is 2.39. The third kappa shape index (κ3) is 6.13. The fourth-order valence-electron chi connectivity index (χ4n) is 4.41. The fraction of sp³-hybridized carbons (Fsp3) is 0.125. The van der Waals surface area contributed by atoms with E-state index in [1.54, 1.807) is 24.4 Å². The molecule has 0 bridgehead atoms. The lowest BCUT2D eigenvalue weighted by molar-refractivity contribution is -0.116. The van der Waals surface area contributed by atoms with Crippen molar-refractivity contribution in [3.63, 3.8) is 0 Å². The second-order valence-electron chi connectivity index (χ2n) is 9.26. The Hall–Kier alpha value is -4.35. The van der Waals surface area contributed by atoms with Crippen LogP contribution in [0.4, 0.5) is 5.82 Å². The summed E-state index contributed by atoms with van der Waals surface area (Å²) in [4.78, 5) is 16.3. The van der Waals surface area contributed by atoms with Crippen LogP contribution in [-0.2, 0) is 9.53 Å². The highest BCUT2D eigenvalue weighted by Gasteiger charge is 2.24. The van der Waals surface area contributed by atoms with Gasteiger partial charge in [0, 0.05) is 29.3 Å². The zero-order valence-corrected chi connectivity index (χ0v) is 21.8. The smallest absolute Gasteiger partial charge is 0.244 e. The van der Waals surface area contributed by atoms with Crippen molar-refractivity contribution in [2.75, 3.05) is 12.3 Å². The highest BCUT2D eigenvalue weighted by molar-refractivity contribution is 6.30. The van der Waals surface area contributed by atoms with E-state index in [9.17, 15) is 4.79 Å². The number of pyridine rings is 1. The first kappa shape index (κ1) is 25.3. The molecule has 5 nitrogen and oxygen atoms in total. The SMILES string of the molecule is Cc1ccc(-c2ccc(C3CC=C(CNC(=O)/C=C/c4ccc(N)nc4)O3)c(-c3cccc(Cl)c3)c2)cc1. The fourth-order valence-corrected chi connectivity index (χ4v) is 4.60. The minimum atomic E-state index is -0.211. The van der Waals surface area contributed by atoms with Crippen molar-refractivity contribution >= 4 is 29.4 Å². The molecule has 4 aromatic rings. The predicted molar refractivity (Wildman–Crippen MR) is 154 cm³/mol. The number of ether oxygens (including phenoxy) is 1. The lowest BCUT2D eigenvalue weighted by Gasteiger charge is -2.19. The second kappa shape index (κ2) is 11.4. The van der Waals surface area contributed by atoms with E-state index >= 15 is 0 Å². The molecule has 0 saturated heterocycles. The summed E-state index contributed by atoms with van der Waals surface area (Å²) in [5.41, 5.74) is 13.1. The van der Waals surface area contributed by atoms with Crippen molar-refractivity contribution in [2.45, 2.75) is 19.4 Å². The van der Waals surface area contributed by atoms with Gasteiger partial charge in [-0.05, 0) is 77.2 Å². The highest BCUT2D eigenvalue weighted by atomic mass is 35.5. The van der Waals surface area contributed by atoms with Gasteiger partial charge >= 0.3 is 0 Å². The number of hydrogen-bond donors (Lipinski definition) is 2. The second-order valence-corrected chi connectivity index (χ2v) is 9.70. The maximum Gasteiger partial charge on any atom is 0.244 e. The number of anilines is 1. The molecule has 1 unspecified atom stereocenters. The Bertz CT molecular complexity index is 1510. The van der Waals surface area contributed by atoms with E-state index in [0.717, 1.165) is 45.6 Å². The van der Waals surface area contributed by atoms with E-state index in [2.05, 4.69) is 65.8 Å². The van der Waals surface area contributed by atoms with Gasteiger partial charge in [0.1, 0.15) is 17.7 Å². The van der Waals surface area contributed by atoms with Crippen LogP contribution in [0.2, 0.25) is 5.02 Å².